The zero-order chi connectivity index (χ0) is 17.4. The summed E-state index contributed by atoms with van der Waals surface area (Å²) >= 11 is 0. The summed E-state index contributed by atoms with van der Waals surface area (Å²) in [4.78, 5) is 0. The van der Waals surface area contributed by atoms with Crippen LogP contribution in [-0.2, 0) is 0 Å². The van der Waals surface area contributed by atoms with E-state index < -0.39 is 0 Å². The van der Waals surface area contributed by atoms with Crippen molar-refractivity contribution in [3.63, 3.8) is 0 Å². The molecule has 0 radical (unpaired) electrons. The fraction of sp³-hybridized carbons (Fsp3) is 0.727. The Kier molecular flexibility index (Phi) is 35.4. The van der Waals surface area contributed by atoms with Gasteiger partial charge in [0.2, 0.25) is 0 Å². The van der Waals surface area contributed by atoms with Crippen LogP contribution in [0.3, 0.4) is 0 Å². The molecule has 1 heterocycles. The normalized spacial score (nSPS) is 11.1. The Labute approximate surface area is 159 Å². The third-order valence-corrected chi connectivity index (χ3v) is 3.71. The SMILES string of the molecule is C1=CNCC1.C=CCCCCCCC.C=CCCCCCCC.Cl. The second-order valence-corrected chi connectivity index (χ2v) is 6.13. The molecule has 0 saturated carbocycles. The molecule has 0 aromatic rings. The van der Waals surface area contributed by atoms with Crippen LogP contribution in [-0.4, -0.2) is 6.54 Å². The quantitative estimate of drug-likeness (QED) is 0.275. The smallest absolute Gasteiger partial charge is 0.0176 e. The molecular weight excluding hydrogens is 314 g/mol. The molecule has 0 amide bonds. The molecule has 2 heteroatoms. The van der Waals surface area contributed by atoms with Gasteiger partial charge in [0.25, 0.3) is 0 Å². The second kappa shape index (κ2) is 30.2. The molecule has 1 N–H and O–H groups in total. The van der Waals surface area contributed by atoms with Crippen LogP contribution in [0.4, 0.5) is 0 Å². The number of nitrogens with one attached hydrogen (secondary N) is 1. The van der Waals surface area contributed by atoms with E-state index in [1.165, 1.54) is 83.5 Å². The minimum absolute atomic E-state index is 0. The van der Waals surface area contributed by atoms with Gasteiger partial charge in [-0.15, -0.1) is 25.6 Å². The van der Waals surface area contributed by atoms with E-state index in [-0.39, 0.29) is 12.4 Å². The Hall–Kier alpha value is -0.690. The van der Waals surface area contributed by atoms with Crippen LogP contribution in [0.1, 0.15) is 97.3 Å². The standard InChI is InChI=1S/2C9H18.C4H7N.ClH/c2*1-3-5-7-9-8-6-4-2;1-2-4-5-3-1;/h2*3H,1,4-9H2,2H3;1,3,5H,2,4H2;1H. The van der Waals surface area contributed by atoms with Gasteiger partial charge in [-0.05, 0) is 38.3 Å². The van der Waals surface area contributed by atoms with E-state index in [0.29, 0.717) is 0 Å². The van der Waals surface area contributed by atoms with Crippen molar-refractivity contribution in [2.24, 2.45) is 0 Å². The summed E-state index contributed by atoms with van der Waals surface area (Å²) in [6.45, 7) is 13.0. The maximum atomic E-state index is 3.68. The molecule has 144 valence electrons. The fourth-order valence-electron chi connectivity index (χ4n) is 2.20. The molecule has 0 fully saturated rings. The average Bonchev–Trinajstić information content (AvgIpc) is 3.15. The predicted molar refractivity (Wildman–Crippen MR) is 116 cm³/mol. The maximum Gasteiger partial charge on any atom is 0.0176 e. The van der Waals surface area contributed by atoms with Crippen LogP contribution >= 0.6 is 12.4 Å². The molecule has 0 saturated heterocycles. The van der Waals surface area contributed by atoms with E-state index in [9.17, 15) is 0 Å². The Bertz CT molecular complexity index is 224. The van der Waals surface area contributed by atoms with Crippen molar-refractivity contribution >= 4 is 12.4 Å². The summed E-state index contributed by atoms with van der Waals surface area (Å²) in [6.07, 6.45) is 25.5. The number of hydrogen-bond acceptors (Lipinski definition) is 1. The van der Waals surface area contributed by atoms with Crippen LogP contribution in [0.25, 0.3) is 0 Å². The van der Waals surface area contributed by atoms with Crippen LogP contribution in [0.2, 0.25) is 0 Å². The van der Waals surface area contributed by atoms with Crippen molar-refractivity contribution in [1.82, 2.24) is 5.32 Å². The van der Waals surface area contributed by atoms with Gasteiger partial charge < -0.3 is 5.32 Å². The summed E-state index contributed by atoms with van der Waals surface area (Å²) in [5, 5.41) is 3.04. The number of unbranched alkanes of at least 4 members (excludes halogenated alkanes) is 10. The molecule has 0 aromatic heterocycles. The van der Waals surface area contributed by atoms with Gasteiger partial charge in [0.15, 0.2) is 0 Å². The van der Waals surface area contributed by atoms with Crippen molar-refractivity contribution in [3.8, 4) is 0 Å². The third kappa shape index (κ3) is 33.0. The lowest BCUT2D eigenvalue weighted by Gasteiger charge is -1.94. The minimum Gasteiger partial charge on any atom is -0.391 e. The highest BCUT2D eigenvalue weighted by molar-refractivity contribution is 5.85. The van der Waals surface area contributed by atoms with Gasteiger partial charge in [-0.1, -0.05) is 83.4 Å². The Morgan fingerprint density at radius 1 is 0.792 bits per heavy atom. The first-order valence-electron chi connectivity index (χ1n) is 9.93. The fourth-order valence-corrected chi connectivity index (χ4v) is 2.20. The lowest BCUT2D eigenvalue weighted by molar-refractivity contribution is 0.638. The average molecular weight is 358 g/mol. The first-order valence-corrected chi connectivity index (χ1v) is 9.93. The molecule has 1 nitrogen and oxygen atoms in total. The summed E-state index contributed by atoms with van der Waals surface area (Å²) < 4.78 is 0. The van der Waals surface area contributed by atoms with Crippen LogP contribution in [0, 0.1) is 0 Å². The highest BCUT2D eigenvalue weighted by Crippen LogP contribution is 2.05. The van der Waals surface area contributed by atoms with Crippen LogP contribution < -0.4 is 5.32 Å². The predicted octanol–water partition coefficient (Wildman–Crippen LogP) is 7.98. The van der Waals surface area contributed by atoms with E-state index in [1.807, 2.05) is 18.4 Å². The monoisotopic (exact) mass is 357 g/mol. The molecule has 1 aliphatic heterocycles. The van der Waals surface area contributed by atoms with Crippen LogP contribution in [0.15, 0.2) is 37.6 Å². The highest BCUT2D eigenvalue weighted by Gasteiger charge is 1.85. The van der Waals surface area contributed by atoms with Gasteiger partial charge >= 0.3 is 0 Å². The van der Waals surface area contributed by atoms with Crippen molar-refractivity contribution < 1.29 is 0 Å². The van der Waals surface area contributed by atoms with Crippen molar-refractivity contribution in [1.29, 1.82) is 0 Å². The minimum atomic E-state index is 0. The first-order chi connectivity index (χ1) is 11.3. The Morgan fingerprint density at radius 2 is 1.25 bits per heavy atom. The van der Waals surface area contributed by atoms with Crippen molar-refractivity contribution in [2.75, 3.05) is 6.54 Å². The third-order valence-electron chi connectivity index (χ3n) is 3.71. The topological polar surface area (TPSA) is 12.0 Å². The second-order valence-electron chi connectivity index (χ2n) is 6.13. The van der Waals surface area contributed by atoms with E-state index in [1.54, 1.807) is 0 Å². The summed E-state index contributed by atoms with van der Waals surface area (Å²) in [7, 11) is 0. The maximum absolute atomic E-state index is 3.68. The van der Waals surface area contributed by atoms with Gasteiger partial charge in [-0.3, -0.25) is 0 Å². The summed E-state index contributed by atoms with van der Waals surface area (Å²) in [5.74, 6) is 0. The van der Waals surface area contributed by atoms with E-state index in [2.05, 4.69) is 38.4 Å². The molecule has 0 unspecified atom stereocenters. The largest absolute Gasteiger partial charge is 0.391 e. The zero-order valence-corrected chi connectivity index (χ0v) is 17.3. The Balaban J connectivity index is -0.000000279. The van der Waals surface area contributed by atoms with E-state index in [4.69, 9.17) is 0 Å². The molecular formula is C22H44ClN. The van der Waals surface area contributed by atoms with Gasteiger partial charge in [0.05, 0.1) is 0 Å². The molecule has 1 aliphatic rings. The molecule has 0 bridgehead atoms. The van der Waals surface area contributed by atoms with Crippen molar-refractivity contribution in [3.05, 3.63) is 37.6 Å². The van der Waals surface area contributed by atoms with Gasteiger partial charge in [0.1, 0.15) is 0 Å². The number of allylic oxidation sites excluding steroid dienone is 2. The lowest BCUT2D eigenvalue weighted by atomic mass is 10.1. The van der Waals surface area contributed by atoms with Gasteiger partial charge in [0, 0.05) is 6.54 Å². The number of hydrogen-bond donors (Lipinski definition) is 1. The molecule has 1 rings (SSSR count). The van der Waals surface area contributed by atoms with Crippen LogP contribution in [0.5, 0.6) is 0 Å². The molecule has 24 heavy (non-hydrogen) atoms. The zero-order valence-electron chi connectivity index (χ0n) is 16.5. The van der Waals surface area contributed by atoms with Gasteiger partial charge in [-0.2, -0.15) is 0 Å². The molecule has 0 aromatic carbocycles. The molecule has 0 atom stereocenters. The van der Waals surface area contributed by atoms with Gasteiger partial charge in [-0.25, -0.2) is 0 Å². The Morgan fingerprint density at radius 3 is 1.50 bits per heavy atom. The summed E-state index contributed by atoms with van der Waals surface area (Å²) in [6, 6.07) is 0. The first kappa shape index (κ1) is 28.1. The number of halogens is 1. The van der Waals surface area contributed by atoms with Crippen molar-refractivity contribution in [2.45, 2.75) is 97.3 Å². The summed E-state index contributed by atoms with van der Waals surface area (Å²) in [5.41, 5.74) is 0. The van der Waals surface area contributed by atoms with E-state index in [0.717, 1.165) is 6.54 Å². The lowest BCUT2D eigenvalue weighted by Crippen LogP contribution is -1.96. The highest BCUT2D eigenvalue weighted by atomic mass is 35.5. The molecule has 0 spiro atoms. The molecule has 0 aliphatic carbocycles. The van der Waals surface area contributed by atoms with E-state index >= 15 is 0 Å². The number of rotatable bonds is 12.